The Kier molecular flexibility index (Phi) is 5.90. The Hall–Kier alpha value is -3.00. The average molecular weight is 459 g/mol. The number of allylic oxidation sites excluding steroid dienone is 1. The molecule has 2 aliphatic carbocycles. The molecule has 6 atom stereocenters. The molecule has 33 heavy (non-hydrogen) atoms. The molecule has 4 rings (SSSR count). The molecule has 0 spiro atoms. The summed E-state index contributed by atoms with van der Waals surface area (Å²) in [5, 5.41) is 0. The number of hydrogen-bond donors (Lipinski definition) is 0. The number of methoxy groups -OCH3 is 2. The van der Waals surface area contributed by atoms with Crippen LogP contribution >= 0.6 is 0 Å². The maximum absolute atomic E-state index is 12.3. The molecule has 8 heteroatoms. The Labute approximate surface area is 193 Å². The van der Waals surface area contributed by atoms with Gasteiger partial charge in [0.25, 0.3) is 0 Å². The number of rotatable bonds is 7. The van der Waals surface area contributed by atoms with E-state index in [1.807, 2.05) is 24.3 Å². The Balaban J connectivity index is 2.00. The maximum atomic E-state index is 12.3. The summed E-state index contributed by atoms with van der Waals surface area (Å²) < 4.78 is 34.9. The van der Waals surface area contributed by atoms with Crippen molar-refractivity contribution < 1.29 is 38.0 Å². The van der Waals surface area contributed by atoms with Gasteiger partial charge in [-0.3, -0.25) is 9.59 Å². The van der Waals surface area contributed by atoms with Crippen LogP contribution in [0.3, 0.4) is 0 Å². The van der Waals surface area contributed by atoms with Gasteiger partial charge in [0.1, 0.15) is 11.9 Å². The molecule has 1 aromatic rings. The van der Waals surface area contributed by atoms with E-state index in [0.29, 0.717) is 23.7 Å². The number of fused-ring (bicyclic) bond motifs is 3. The second-order valence-corrected chi connectivity index (χ2v) is 8.77. The summed E-state index contributed by atoms with van der Waals surface area (Å²) >= 11 is 0. The molecule has 0 radical (unpaired) electrons. The van der Waals surface area contributed by atoms with E-state index >= 15 is 0 Å². The van der Waals surface area contributed by atoms with E-state index in [-0.39, 0.29) is 18.6 Å². The third-order valence-electron chi connectivity index (χ3n) is 7.22. The molecule has 1 aliphatic heterocycles. The van der Waals surface area contributed by atoms with Gasteiger partial charge < -0.3 is 28.4 Å². The average Bonchev–Trinajstić information content (AvgIpc) is 3.29. The van der Waals surface area contributed by atoms with Crippen molar-refractivity contribution in [1.82, 2.24) is 0 Å². The third kappa shape index (κ3) is 3.30. The van der Waals surface area contributed by atoms with E-state index in [4.69, 9.17) is 28.4 Å². The summed E-state index contributed by atoms with van der Waals surface area (Å²) in [4.78, 5) is 24.5. The fourth-order valence-corrected chi connectivity index (χ4v) is 6.04. The molecule has 1 aromatic carbocycles. The van der Waals surface area contributed by atoms with Gasteiger partial charge in [0.15, 0.2) is 23.2 Å². The summed E-state index contributed by atoms with van der Waals surface area (Å²) in [6.45, 7) is 8.87. The van der Waals surface area contributed by atoms with E-state index in [1.165, 1.54) is 21.0 Å². The minimum Gasteiger partial charge on any atom is -0.497 e. The molecule has 8 nitrogen and oxygen atoms in total. The minimum atomic E-state index is -1.26. The first-order chi connectivity index (χ1) is 15.7. The first-order valence-electron chi connectivity index (χ1n) is 10.9. The minimum absolute atomic E-state index is 0.120. The molecular weight excluding hydrogens is 428 g/mol. The van der Waals surface area contributed by atoms with Crippen LogP contribution in [0.4, 0.5) is 0 Å². The van der Waals surface area contributed by atoms with Crippen LogP contribution in [0.15, 0.2) is 42.7 Å². The Morgan fingerprint density at radius 2 is 1.85 bits per heavy atom. The lowest BCUT2D eigenvalue weighted by Gasteiger charge is -2.48. The highest BCUT2D eigenvalue weighted by Gasteiger charge is 2.75. The van der Waals surface area contributed by atoms with Gasteiger partial charge in [-0.2, -0.15) is 0 Å². The number of carbonyl (C=O) groups excluding carboxylic acids is 2. The molecule has 0 saturated heterocycles. The van der Waals surface area contributed by atoms with Gasteiger partial charge in [-0.1, -0.05) is 19.1 Å². The molecule has 0 N–H and O–H groups in total. The van der Waals surface area contributed by atoms with E-state index in [2.05, 4.69) is 13.5 Å². The SMILES string of the molecule is C=CC[C@@]12C=C(OC)[C@H](OC(C)=O)[C@@](OC)(C1OC(C)=O)[C@@H](c1ccc3c(c1)OCO3)[C@@H]2C. The monoisotopic (exact) mass is 458 g/mol. The van der Waals surface area contributed by atoms with Gasteiger partial charge in [-0.05, 0) is 36.1 Å². The zero-order valence-corrected chi connectivity index (χ0v) is 19.6. The highest BCUT2D eigenvalue weighted by atomic mass is 16.7. The fraction of sp³-hybridized carbons (Fsp3) is 0.520. The van der Waals surface area contributed by atoms with E-state index < -0.39 is 35.2 Å². The Morgan fingerprint density at radius 3 is 2.45 bits per heavy atom. The van der Waals surface area contributed by atoms with Gasteiger partial charge in [0.2, 0.25) is 6.79 Å². The standard InChI is InChI=1S/C25H30O8/c1-7-10-24-12-20(28-5)22(32-15(3)26)25(29-6,23(24)33-16(4)27)21(14(24)2)17-8-9-18-19(11-17)31-13-30-18/h7-9,11-12,14,21-23H,1,10,13H2,2-6H3/t14-,21+,22-,23?,24-,25+/m0/s1. The van der Waals surface area contributed by atoms with Crippen molar-refractivity contribution in [2.45, 2.75) is 50.9 Å². The molecule has 1 heterocycles. The van der Waals surface area contributed by atoms with Crippen molar-refractivity contribution in [2.75, 3.05) is 21.0 Å². The molecule has 0 amide bonds. The van der Waals surface area contributed by atoms with Gasteiger partial charge in [0, 0.05) is 32.3 Å². The summed E-state index contributed by atoms with van der Waals surface area (Å²) in [6.07, 6.45) is 2.51. The third-order valence-corrected chi connectivity index (χ3v) is 7.22. The molecule has 0 aromatic heterocycles. The summed E-state index contributed by atoms with van der Waals surface area (Å²) in [5.41, 5.74) is -1.07. The number of ether oxygens (including phenoxy) is 6. The predicted molar refractivity (Wildman–Crippen MR) is 118 cm³/mol. The predicted octanol–water partition coefficient (Wildman–Crippen LogP) is 3.50. The molecule has 178 valence electrons. The molecule has 2 bridgehead atoms. The van der Waals surface area contributed by atoms with Crippen molar-refractivity contribution >= 4 is 11.9 Å². The lowest BCUT2D eigenvalue weighted by Crippen LogP contribution is -2.62. The van der Waals surface area contributed by atoms with Crippen LogP contribution in [0.1, 0.15) is 38.7 Å². The molecule has 1 saturated carbocycles. The lowest BCUT2D eigenvalue weighted by molar-refractivity contribution is -0.211. The van der Waals surface area contributed by atoms with Crippen LogP contribution in [0, 0.1) is 11.3 Å². The molecule has 1 unspecified atom stereocenters. The van der Waals surface area contributed by atoms with Gasteiger partial charge >= 0.3 is 11.9 Å². The smallest absolute Gasteiger partial charge is 0.303 e. The van der Waals surface area contributed by atoms with Crippen LogP contribution in [0.25, 0.3) is 0 Å². The zero-order valence-electron chi connectivity index (χ0n) is 19.6. The highest BCUT2D eigenvalue weighted by molar-refractivity contribution is 5.68. The van der Waals surface area contributed by atoms with Crippen molar-refractivity contribution in [3.8, 4) is 11.5 Å². The maximum Gasteiger partial charge on any atom is 0.303 e. The highest BCUT2D eigenvalue weighted by Crippen LogP contribution is 2.67. The normalized spacial score (nSPS) is 33.8. The van der Waals surface area contributed by atoms with E-state index in [1.54, 1.807) is 13.2 Å². The number of carbonyl (C=O) groups is 2. The summed E-state index contributed by atoms with van der Waals surface area (Å²) in [5.74, 6) is 0.305. The fourth-order valence-electron chi connectivity index (χ4n) is 6.04. The molecule has 3 aliphatic rings. The Morgan fingerprint density at radius 1 is 1.15 bits per heavy atom. The first kappa shape index (κ1) is 23.2. The molecular formula is C25H30O8. The van der Waals surface area contributed by atoms with Crippen LogP contribution in [0.2, 0.25) is 0 Å². The van der Waals surface area contributed by atoms with Gasteiger partial charge in [0.05, 0.1) is 7.11 Å². The quantitative estimate of drug-likeness (QED) is 0.453. The van der Waals surface area contributed by atoms with Crippen LogP contribution in [0.5, 0.6) is 11.5 Å². The molecule has 1 fully saturated rings. The first-order valence-corrected chi connectivity index (χ1v) is 10.9. The van der Waals surface area contributed by atoms with Crippen LogP contribution in [-0.4, -0.2) is 50.8 Å². The van der Waals surface area contributed by atoms with Crippen LogP contribution in [-0.2, 0) is 28.5 Å². The van der Waals surface area contributed by atoms with Crippen molar-refractivity contribution in [3.05, 3.63) is 48.3 Å². The number of benzene rings is 1. The topological polar surface area (TPSA) is 89.5 Å². The lowest BCUT2D eigenvalue weighted by atomic mass is 9.69. The number of esters is 2. The van der Waals surface area contributed by atoms with Gasteiger partial charge in [-0.25, -0.2) is 0 Å². The Bertz CT molecular complexity index is 1000. The van der Waals surface area contributed by atoms with E-state index in [0.717, 1.165) is 5.56 Å². The zero-order chi connectivity index (χ0) is 24.0. The second-order valence-electron chi connectivity index (χ2n) is 8.77. The number of hydrogen-bond acceptors (Lipinski definition) is 8. The van der Waals surface area contributed by atoms with Gasteiger partial charge in [-0.15, -0.1) is 6.58 Å². The van der Waals surface area contributed by atoms with Crippen molar-refractivity contribution in [3.63, 3.8) is 0 Å². The summed E-state index contributed by atoms with van der Waals surface area (Å²) in [6, 6.07) is 5.71. The summed E-state index contributed by atoms with van der Waals surface area (Å²) in [7, 11) is 3.07. The van der Waals surface area contributed by atoms with E-state index in [9.17, 15) is 9.59 Å². The van der Waals surface area contributed by atoms with Crippen LogP contribution < -0.4 is 9.47 Å². The van der Waals surface area contributed by atoms with Crippen molar-refractivity contribution in [2.24, 2.45) is 11.3 Å². The second kappa shape index (κ2) is 8.41. The largest absolute Gasteiger partial charge is 0.497 e. The van der Waals surface area contributed by atoms with Crippen molar-refractivity contribution in [1.29, 1.82) is 0 Å².